The number of hydrogen-bond acceptors (Lipinski definition) is 6. The van der Waals surface area contributed by atoms with E-state index in [1.807, 2.05) is 0 Å². The number of nitrogens with one attached hydrogen (secondary N) is 1. The minimum atomic E-state index is -3.30. The summed E-state index contributed by atoms with van der Waals surface area (Å²) in [5.74, 6) is 0.556. The van der Waals surface area contributed by atoms with Crippen LogP contribution in [-0.2, 0) is 14.6 Å². The third-order valence-corrected chi connectivity index (χ3v) is 4.86. The first-order valence-corrected chi connectivity index (χ1v) is 6.79. The van der Waals surface area contributed by atoms with Crippen LogP contribution >= 0.6 is 0 Å². The Bertz CT molecular complexity index is 674. The molecule has 0 aliphatic rings. The summed E-state index contributed by atoms with van der Waals surface area (Å²) in [5, 5.41) is 0. The van der Waals surface area contributed by atoms with Crippen molar-refractivity contribution < 1.29 is 8.42 Å². The third-order valence-electron chi connectivity index (χ3n) is 2.81. The number of nitrogen functional groups attached to an aromatic ring is 1. The van der Waals surface area contributed by atoms with Crippen LogP contribution < -0.4 is 5.73 Å². The van der Waals surface area contributed by atoms with Gasteiger partial charge in [-0.2, -0.15) is 0 Å². The average molecular weight is 255 g/mol. The Morgan fingerprint density at radius 1 is 1.35 bits per heavy atom. The predicted molar refractivity (Wildman–Crippen MR) is 64.0 cm³/mol. The van der Waals surface area contributed by atoms with Gasteiger partial charge in [-0.3, -0.25) is 0 Å². The van der Waals surface area contributed by atoms with E-state index in [1.54, 1.807) is 13.8 Å². The molecule has 0 spiro atoms. The standard InChI is InChI=1S/C9H13N5O2S/c1-9(2,17(3,15)16)8-13-5-6(10)11-4-12-7(5)14-8/h4H,1-3H3,(H3,10,11,12,13,14). The fourth-order valence-corrected chi connectivity index (χ4v) is 1.76. The first kappa shape index (κ1) is 11.8. The minimum Gasteiger partial charge on any atom is -0.382 e. The van der Waals surface area contributed by atoms with Crippen molar-refractivity contribution in [2.24, 2.45) is 0 Å². The zero-order chi connectivity index (χ0) is 12.8. The molecule has 92 valence electrons. The molecule has 0 radical (unpaired) electrons. The van der Waals surface area contributed by atoms with Gasteiger partial charge in [0.15, 0.2) is 21.3 Å². The normalized spacial score (nSPS) is 13.1. The number of fused-ring (bicyclic) bond motifs is 1. The fraction of sp³-hybridized carbons (Fsp3) is 0.444. The number of nitrogens with two attached hydrogens (primary N) is 1. The maximum atomic E-state index is 11.7. The molecular formula is C9H13N5O2S. The summed E-state index contributed by atoms with van der Waals surface area (Å²) in [6.45, 7) is 3.15. The van der Waals surface area contributed by atoms with Crippen LogP contribution in [0.25, 0.3) is 11.2 Å². The van der Waals surface area contributed by atoms with Crippen LogP contribution in [0.1, 0.15) is 19.7 Å². The zero-order valence-corrected chi connectivity index (χ0v) is 10.5. The van der Waals surface area contributed by atoms with Gasteiger partial charge >= 0.3 is 0 Å². The van der Waals surface area contributed by atoms with Crippen LogP contribution in [0.2, 0.25) is 0 Å². The molecule has 8 heteroatoms. The van der Waals surface area contributed by atoms with E-state index in [0.717, 1.165) is 6.26 Å². The van der Waals surface area contributed by atoms with E-state index in [9.17, 15) is 8.42 Å². The quantitative estimate of drug-likeness (QED) is 0.793. The van der Waals surface area contributed by atoms with Crippen molar-refractivity contribution in [2.45, 2.75) is 18.6 Å². The predicted octanol–water partition coefficient (Wildman–Crippen LogP) is 0.215. The van der Waals surface area contributed by atoms with Crippen molar-refractivity contribution in [1.29, 1.82) is 0 Å². The first-order valence-electron chi connectivity index (χ1n) is 4.90. The summed E-state index contributed by atoms with van der Waals surface area (Å²) in [7, 11) is -3.30. The molecule has 0 atom stereocenters. The lowest BCUT2D eigenvalue weighted by Crippen LogP contribution is -2.29. The molecule has 0 unspecified atom stereocenters. The fourth-order valence-electron chi connectivity index (χ4n) is 1.31. The SMILES string of the molecule is CC(C)(c1nc2ncnc(N)c2[nH]1)S(C)(=O)=O. The highest BCUT2D eigenvalue weighted by Gasteiger charge is 2.35. The zero-order valence-electron chi connectivity index (χ0n) is 9.72. The summed E-state index contributed by atoms with van der Waals surface area (Å²) >= 11 is 0. The smallest absolute Gasteiger partial charge is 0.183 e. The van der Waals surface area contributed by atoms with E-state index >= 15 is 0 Å². The molecule has 2 heterocycles. The van der Waals surface area contributed by atoms with Crippen molar-refractivity contribution in [3.05, 3.63) is 12.2 Å². The summed E-state index contributed by atoms with van der Waals surface area (Å²) in [6.07, 6.45) is 2.45. The number of H-pyrrole nitrogens is 1. The van der Waals surface area contributed by atoms with Crippen molar-refractivity contribution in [3.63, 3.8) is 0 Å². The van der Waals surface area contributed by atoms with Crippen LogP contribution in [0.5, 0.6) is 0 Å². The largest absolute Gasteiger partial charge is 0.382 e. The summed E-state index contributed by atoms with van der Waals surface area (Å²) in [5.41, 5.74) is 6.47. The number of imidazole rings is 1. The molecule has 2 aromatic rings. The van der Waals surface area contributed by atoms with Gasteiger partial charge in [0, 0.05) is 6.26 Å². The van der Waals surface area contributed by atoms with E-state index < -0.39 is 14.6 Å². The molecule has 0 amide bonds. The Morgan fingerprint density at radius 3 is 2.53 bits per heavy atom. The van der Waals surface area contributed by atoms with Crippen LogP contribution in [0.3, 0.4) is 0 Å². The molecule has 2 aromatic heterocycles. The van der Waals surface area contributed by atoms with Crippen LogP contribution in [0.15, 0.2) is 6.33 Å². The second kappa shape index (κ2) is 3.39. The van der Waals surface area contributed by atoms with Crippen molar-refractivity contribution in [1.82, 2.24) is 19.9 Å². The van der Waals surface area contributed by atoms with Gasteiger partial charge in [0.2, 0.25) is 0 Å². The Balaban J connectivity index is 2.70. The van der Waals surface area contributed by atoms with Gasteiger partial charge in [-0.1, -0.05) is 0 Å². The van der Waals surface area contributed by atoms with E-state index in [0.29, 0.717) is 17.0 Å². The molecule has 17 heavy (non-hydrogen) atoms. The number of aromatic nitrogens is 4. The van der Waals surface area contributed by atoms with Crippen molar-refractivity contribution in [2.75, 3.05) is 12.0 Å². The van der Waals surface area contributed by atoms with Gasteiger partial charge < -0.3 is 10.7 Å². The molecule has 0 aliphatic heterocycles. The number of nitrogens with zero attached hydrogens (tertiary/aromatic N) is 3. The molecule has 3 N–H and O–H groups in total. The van der Waals surface area contributed by atoms with Crippen molar-refractivity contribution >= 4 is 26.8 Å². The molecule has 0 bridgehead atoms. The molecule has 0 aromatic carbocycles. The van der Waals surface area contributed by atoms with Crippen LogP contribution in [-0.4, -0.2) is 34.6 Å². The van der Waals surface area contributed by atoms with E-state index in [2.05, 4.69) is 19.9 Å². The summed E-state index contributed by atoms with van der Waals surface area (Å²) < 4.78 is 22.3. The number of sulfone groups is 1. The average Bonchev–Trinajstić information content (AvgIpc) is 2.61. The molecule has 0 fully saturated rings. The molecule has 0 aliphatic carbocycles. The van der Waals surface area contributed by atoms with Crippen molar-refractivity contribution in [3.8, 4) is 0 Å². The highest BCUT2D eigenvalue weighted by atomic mass is 32.2. The number of hydrogen-bond donors (Lipinski definition) is 2. The molecule has 0 saturated heterocycles. The Hall–Kier alpha value is -1.70. The van der Waals surface area contributed by atoms with Gasteiger partial charge in [-0.05, 0) is 13.8 Å². The maximum absolute atomic E-state index is 11.7. The van der Waals surface area contributed by atoms with Gasteiger partial charge in [-0.15, -0.1) is 0 Å². The topological polar surface area (TPSA) is 115 Å². The number of anilines is 1. The Kier molecular flexibility index (Phi) is 2.35. The highest BCUT2D eigenvalue weighted by molar-refractivity contribution is 7.91. The second-order valence-corrected chi connectivity index (χ2v) is 6.89. The lowest BCUT2D eigenvalue weighted by Gasteiger charge is -2.19. The van der Waals surface area contributed by atoms with Crippen LogP contribution in [0.4, 0.5) is 5.82 Å². The highest BCUT2D eigenvalue weighted by Crippen LogP contribution is 2.28. The maximum Gasteiger partial charge on any atom is 0.183 e. The summed E-state index contributed by atoms with van der Waals surface area (Å²) in [4.78, 5) is 14.8. The monoisotopic (exact) mass is 255 g/mol. The molecule has 2 rings (SSSR count). The number of aromatic amines is 1. The van der Waals surface area contributed by atoms with E-state index in [1.165, 1.54) is 6.33 Å². The molecule has 7 nitrogen and oxygen atoms in total. The first-order chi connectivity index (χ1) is 7.73. The van der Waals surface area contributed by atoms with E-state index in [4.69, 9.17) is 5.73 Å². The lowest BCUT2D eigenvalue weighted by atomic mass is 10.2. The van der Waals surface area contributed by atoms with Gasteiger partial charge in [0.25, 0.3) is 0 Å². The van der Waals surface area contributed by atoms with Crippen LogP contribution in [0, 0.1) is 0 Å². The Morgan fingerprint density at radius 2 is 2.00 bits per heavy atom. The van der Waals surface area contributed by atoms with Gasteiger partial charge in [0.1, 0.15) is 22.4 Å². The minimum absolute atomic E-state index is 0.248. The summed E-state index contributed by atoms with van der Waals surface area (Å²) in [6, 6.07) is 0. The van der Waals surface area contributed by atoms with Gasteiger partial charge in [-0.25, -0.2) is 23.4 Å². The molecule has 0 saturated carbocycles. The third kappa shape index (κ3) is 1.74. The lowest BCUT2D eigenvalue weighted by molar-refractivity contribution is 0.552. The Labute approximate surface area is 98.4 Å². The second-order valence-electron chi connectivity index (χ2n) is 4.33. The van der Waals surface area contributed by atoms with Gasteiger partial charge in [0.05, 0.1) is 0 Å². The molecular weight excluding hydrogens is 242 g/mol. The number of rotatable bonds is 2. The van der Waals surface area contributed by atoms with E-state index in [-0.39, 0.29) is 5.82 Å².